The lowest BCUT2D eigenvalue weighted by molar-refractivity contribution is -0.112. The second kappa shape index (κ2) is 4.91. The van der Waals surface area contributed by atoms with Crippen LogP contribution in [-0.2, 0) is 4.79 Å². The lowest BCUT2D eigenvalue weighted by Gasteiger charge is -2.02. The predicted molar refractivity (Wildman–Crippen MR) is 53.0 cm³/mol. The van der Waals surface area contributed by atoms with Crippen molar-refractivity contribution < 1.29 is 4.79 Å². The second-order valence-corrected chi connectivity index (χ2v) is 3.39. The van der Waals surface area contributed by atoms with Crippen LogP contribution in [0.2, 0.25) is 0 Å². The standard InChI is InChI=1S/C11H18O/c1-6-9(4)11(12)10(5)7-8(2)3/h6-8H,1-5H3/b9-6+,10-7+. The average Bonchev–Trinajstić information content (AvgIpc) is 2.00. The highest BCUT2D eigenvalue weighted by atomic mass is 16.1. The van der Waals surface area contributed by atoms with Crippen molar-refractivity contribution >= 4 is 5.78 Å². The summed E-state index contributed by atoms with van der Waals surface area (Å²) in [6, 6.07) is 0. The van der Waals surface area contributed by atoms with Gasteiger partial charge >= 0.3 is 0 Å². The molecule has 1 heteroatoms. The lowest BCUT2D eigenvalue weighted by Crippen LogP contribution is -2.02. The average molecular weight is 166 g/mol. The molecule has 0 N–H and O–H groups in total. The van der Waals surface area contributed by atoms with Crippen LogP contribution >= 0.6 is 0 Å². The van der Waals surface area contributed by atoms with E-state index in [4.69, 9.17) is 0 Å². The molecule has 0 aliphatic carbocycles. The maximum Gasteiger partial charge on any atom is 0.183 e. The fourth-order valence-corrected chi connectivity index (χ4v) is 1.02. The highest BCUT2D eigenvalue weighted by Gasteiger charge is 2.05. The van der Waals surface area contributed by atoms with Gasteiger partial charge in [-0.1, -0.05) is 26.0 Å². The molecule has 0 aliphatic heterocycles. The minimum absolute atomic E-state index is 0.159. The zero-order chi connectivity index (χ0) is 9.72. The molecule has 0 aromatic rings. The van der Waals surface area contributed by atoms with E-state index in [2.05, 4.69) is 13.8 Å². The number of carbonyl (C=O) groups is 1. The number of Topliss-reactive ketones (excluding diaryl/α,β-unsaturated/α-hetero) is 1. The summed E-state index contributed by atoms with van der Waals surface area (Å²) in [6.45, 7) is 9.74. The van der Waals surface area contributed by atoms with Crippen molar-refractivity contribution in [2.45, 2.75) is 34.6 Å². The van der Waals surface area contributed by atoms with Gasteiger partial charge in [-0.05, 0) is 37.8 Å². The fourth-order valence-electron chi connectivity index (χ4n) is 1.02. The number of hydrogen-bond donors (Lipinski definition) is 0. The van der Waals surface area contributed by atoms with Crippen molar-refractivity contribution in [1.29, 1.82) is 0 Å². The highest BCUT2D eigenvalue weighted by Crippen LogP contribution is 2.08. The summed E-state index contributed by atoms with van der Waals surface area (Å²) in [4.78, 5) is 11.5. The molecule has 0 aliphatic rings. The summed E-state index contributed by atoms with van der Waals surface area (Å²) in [5.74, 6) is 0.602. The summed E-state index contributed by atoms with van der Waals surface area (Å²) < 4.78 is 0. The molecule has 0 fully saturated rings. The predicted octanol–water partition coefficient (Wildman–Crippen LogP) is 3.12. The van der Waals surface area contributed by atoms with Crippen LogP contribution in [0.3, 0.4) is 0 Å². The highest BCUT2D eigenvalue weighted by molar-refractivity contribution is 6.07. The quantitative estimate of drug-likeness (QED) is 0.589. The Kier molecular flexibility index (Phi) is 4.57. The number of ketones is 1. The van der Waals surface area contributed by atoms with Gasteiger partial charge in [-0.2, -0.15) is 0 Å². The first-order valence-corrected chi connectivity index (χ1v) is 4.35. The third-order valence-electron chi connectivity index (χ3n) is 1.73. The summed E-state index contributed by atoms with van der Waals surface area (Å²) in [5.41, 5.74) is 1.67. The van der Waals surface area contributed by atoms with Gasteiger partial charge < -0.3 is 0 Å². The van der Waals surface area contributed by atoms with Crippen molar-refractivity contribution in [3.63, 3.8) is 0 Å². The van der Waals surface area contributed by atoms with E-state index < -0.39 is 0 Å². The maximum absolute atomic E-state index is 11.5. The SMILES string of the molecule is C/C=C(\C)C(=O)/C(C)=C/C(C)C. The van der Waals surface area contributed by atoms with Gasteiger partial charge in [0.05, 0.1) is 0 Å². The Morgan fingerprint density at radius 3 is 2.00 bits per heavy atom. The first-order chi connectivity index (χ1) is 5.49. The minimum Gasteiger partial charge on any atom is -0.289 e. The Balaban J connectivity index is 4.51. The monoisotopic (exact) mass is 166 g/mol. The number of carbonyl (C=O) groups excluding carboxylic acids is 1. The summed E-state index contributed by atoms with van der Waals surface area (Å²) >= 11 is 0. The van der Waals surface area contributed by atoms with Crippen molar-refractivity contribution in [1.82, 2.24) is 0 Å². The molecule has 0 rings (SSSR count). The van der Waals surface area contributed by atoms with Crippen LogP contribution in [0.5, 0.6) is 0 Å². The van der Waals surface area contributed by atoms with E-state index >= 15 is 0 Å². The third-order valence-corrected chi connectivity index (χ3v) is 1.73. The van der Waals surface area contributed by atoms with Crippen molar-refractivity contribution in [2.75, 3.05) is 0 Å². The van der Waals surface area contributed by atoms with Crippen LogP contribution in [0.25, 0.3) is 0 Å². The Morgan fingerprint density at radius 1 is 1.17 bits per heavy atom. The molecule has 0 spiro atoms. The smallest absolute Gasteiger partial charge is 0.183 e. The van der Waals surface area contributed by atoms with Gasteiger partial charge in [0.15, 0.2) is 5.78 Å². The largest absolute Gasteiger partial charge is 0.289 e. The third kappa shape index (κ3) is 3.51. The zero-order valence-electron chi connectivity index (χ0n) is 8.64. The molecule has 68 valence electrons. The molecule has 0 radical (unpaired) electrons. The van der Waals surface area contributed by atoms with Crippen molar-refractivity contribution in [3.05, 3.63) is 23.3 Å². The van der Waals surface area contributed by atoms with Crippen LogP contribution in [0.1, 0.15) is 34.6 Å². The summed E-state index contributed by atoms with van der Waals surface area (Å²) in [7, 11) is 0. The van der Waals surface area contributed by atoms with E-state index in [1.165, 1.54) is 0 Å². The van der Waals surface area contributed by atoms with Crippen LogP contribution in [-0.4, -0.2) is 5.78 Å². The van der Waals surface area contributed by atoms with Gasteiger partial charge in [-0.25, -0.2) is 0 Å². The topological polar surface area (TPSA) is 17.1 Å². The lowest BCUT2D eigenvalue weighted by atomic mass is 10.0. The Morgan fingerprint density at radius 2 is 1.67 bits per heavy atom. The summed E-state index contributed by atoms with van der Waals surface area (Å²) in [5, 5.41) is 0. The van der Waals surface area contributed by atoms with Crippen LogP contribution < -0.4 is 0 Å². The molecule has 12 heavy (non-hydrogen) atoms. The van der Waals surface area contributed by atoms with Crippen molar-refractivity contribution in [2.24, 2.45) is 5.92 Å². The van der Waals surface area contributed by atoms with Crippen molar-refractivity contribution in [3.8, 4) is 0 Å². The van der Waals surface area contributed by atoms with Gasteiger partial charge in [0, 0.05) is 0 Å². The Bertz CT molecular complexity index is 219. The zero-order valence-corrected chi connectivity index (χ0v) is 8.64. The normalized spacial score (nSPS) is 13.8. The molecule has 0 aromatic carbocycles. The van der Waals surface area contributed by atoms with Gasteiger partial charge in [0.25, 0.3) is 0 Å². The van der Waals surface area contributed by atoms with Gasteiger partial charge in [0.1, 0.15) is 0 Å². The van der Waals surface area contributed by atoms with E-state index in [9.17, 15) is 4.79 Å². The molecule has 0 saturated carbocycles. The molecule has 0 unspecified atom stereocenters. The molecule has 0 atom stereocenters. The van der Waals surface area contributed by atoms with E-state index in [1.807, 2.05) is 32.9 Å². The number of allylic oxidation sites excluding steroid dienone is 4. The van der Waals surface area contributed by atoms with Gasteiger partial charge in [0.2, 0.25) is 0 Å². The van der Waals surface area contributed by atoms with Gasteiger partial charge in [-0.3, -0.25) is 4.79 Å². The minimum atomic E-state index is 0.159. The van der Waals surface area contributed by atoms with E-state index in [0.717, 1.165) is 11.1 Å². The van der Waals surface area contributed by atoms with E-state index in [0.29, 0.717) is 5.92 Å². The summed E-state index contributed by atoms with van der Waals surface area (Å²) in [6.07, 6.45) is 3.84. The number of hydrogen-bond acceptors (Lipinski definition) is 1. The first kappa shape index (κ1) is 11.2. The second-order valence-electron chi connectivity index (χ2n) is 3.39. The van der Waals surface area contributed by atoms with Crippen LogP contribution in [0.4, 0.5) is 0 Å². The van der Waals surface area contributed by atoms with E-state index in [-0.39, 0.29) is 5.78 Å². The molecule has 0 amide bonds. The fraction of sp³-hybridized carbons (Fsp3) is 0.545. The van der Waals surface area contributed by atoms with Crippen LogP contribution in [0, 0.1) is 5.92 Å². The molecule has 0 heterocycles. The maximum atomic E-state index is 11.5. The molecular weight excluding hydrogens is 148 g/mol. The Labute approximate surface area is 75.2 Å². The first-order valence-electron chi connectivity index (χ1n) is 4.35. The number of rotatable bonds is 3. The molecule has 1 nitrogen and oxygen atoms in total. The van der Waals surface area contributed by atoms with E-state index in [1.54, 1.807) is 0 Å². The molecule has 0 saturated heterocycles. The molecular formula is C11H18O. The Hall–Kier alpha value is -0.850. The van der Waals surface area contributed by atoms with Crippen LogP contribution in [0.15, 0.2) is 23.3 Å². The molecule has 0 bridgehead atoms. The van der Waals surface area contributed by atoms with Gasteiger partial charge in [-0.15, -0.1) is 0 Å². The molecule has 0 aromatic heterocycles.